The molecule has 1 aliphatic heterocycles. The van der Waals surface area contributed by atoms with Crippen LogP contribution in [0.1, 0.15) is 20.3 Å². The van der Waals surface area contributed by atoms with E-state index in [4.69, 9.17) is 5.73 Å². The largest absolute Gasteiger partial charge is 0.338 e. The van der Waals surface area contributed by atoms with Crippen LogP contribution in [0.4, 0.5) is 0 Å². The lowest BCUT2D eigenvalue weighted by Gasteiger charge is -2.33. The highest BCUT2D eigenvalue weighted by atomic mass is 32.2. The van der Waals surface area contributed by atoms with Gasteiger partial charge in [0.25, 0.3) is 0 Å². The molecule has 2 atom stereocenters. The van der Waals surface area contributed by atoms with Gasteiger partial charge in [0, 0.05) is 36.6 Å². The Morgan fingerprint density at radius 2 is 2.46 bits per heavy atom. The number of nitrogens with zero attached hydrogens (tertiary/aromatic N) is 1. The van der Waals surface area contributed by atoms with Gasteiger partial charge in [-0.15, -0.1) is 0 Å². The van der Waals surface area contributed by atoms with Crippen LogP contribution in [0.25, 0.3) is 0 Å². The summed E-state index contributed by atoms with van der Waals surface area (Å²) in [4.78, 5) is 13.6. The van der Waals surface area contributed by atoms with E-state index in [1.54, 1.807) is 0 Å². The zero-order valence-corrected chi connectivity index (χ0v) is 9.14. The van der Waals surface area contributed by atoms with Gasteiger partial charge in [0.05, 0.1) is 0 Å². The van der Waals surface area contributed by atoms with Crippen molar-refractivity contribution in [1.82, 2.24) is 4.90 Å². The van der Waals surface area contributed by atoms with Gasteiger partial charge < -0.3 is 10.6 Å². The van der Waals surface area contributed by atoms with Crippen LogP contribution in [0.15, 0.2) is 0 Å². The quantitative estimate of drug-likeness (QED) is 0.716. The van der Waals surface area contributed by atoms with Crippen molar-refractivity contribution < 1.29 is 4.79 Å². The molecule has 0 aromatic heterocycles. The van der Waals surface area contributed by atoms with Crippen LogP contribution >= 0.6 is 11.8 Å². The molecular formula is C9H18N2OS. The first-order chi connectivity index (χ1) is 6.11. The van der Waals surface area contributed by atoms with Gasteiger partial charge >= 0.3 is 0 Å². The Morgan fingerprint density at radius 1 is 1.77 bits per heavy atom. The molecule has 1 fully saturated rings. The molecule has 0 aromatic carbocycles. The summed E-state index contributed by atoms with van der Waals surface area (Å²) in [6, 6.07) is 0.360. The third kappa shape index (κ3) is 3.19. The molecule has 0 spiro atoms. The molecule has 1 aliphatic rings. The number of thioether (sulfide) groups is 1. The summed E-state index contributed by atoms with van der Waals surface area (Å²) in [6.07, 6.45) is 0.481. The fourth-order valence-electron chi connectivity index (χ4n) is 1.49. The summed E-state index contributed by atoms with van der Waals surface area (Å²) >= 11 is 1.92. The van der Waals surface area contributed by atoms with Crippen LogP contribution in [0.3, 0.4) is 0 Å². The van der Waals surface area contributed by atoms with Crippen LogP contribution in [0, 0.1) is 0 Å². The zero-order chi connectivity index (χ0) is 9.84. The smallest absolute Gasteiger partial charge is 0.224 e. The number of nitrogens with two attached hydrogens (primary N) is 1. The van der Waals surface area contributed by atoms with Crippen molar-refractivity contribution in [3.8, 4) is 0 Å². The van der Waals surface area contributed by atoms with Gasteiger partial charge in [-0.2, -0.15) is 11.8 Å². The first-order valence-corrected chi connectivity index (χ1v) is 5.89. The van der Waals surface area contributed by atoms with Crippen molar-refractivity contribution in [2.75, 3.05) is 18.1 Å². The van der Waals surface area contributed by atoms with Gasteiger partial charge in [-0.3, -0.25) is 4.79 Å². The van der Waals surface area contributed by atoms with E-state index in [0.717, 1.165) is 18.1 Å². The standard InChI is InChI=1S/C9H18N2OS/c1-7(10)5-9(12)11-3-4-13-6-8(11)2/h7-8H,3-6,10H2,1-2H3. The van der Waals surface area contributed by atoms with E-state index in [2.05, 4.69) is 6.92 Å². The molecule has 0 saturated carbocycles. The fourth-order valence-corrected chi connectivity index (χ4v) is 2.50. The first kappa shape index (κ1) is 10.9. The molecule has 0 radical (unpaired) electrons. The number of hydrogen-bond donors (Lipinski definition) is 1. The van der Waals surface area contributed by atoms with Gasteiger partial charge in [-0.05, 0) is 13.8 Å². The van der Waals surface area contributed by atoms with Gasteiger partial charge in [0.2, 0.25) is 5.91 Å². The molecule has 1 saturated heterocycles. The van der Waals surface area contributed by atoms with Crippen molar-refractivity contribution in [3.63, 3.8) is 0 Å². The van der Waals surface area contributed by atoms with Crippen molar-refractivity contribution in [1.29, 1.82) is 0 Å². The number of amides is 1. The fraction of sp³-hybridized carbons (Fsp3) is 0.889. The van der Waals surface area contributed by atoms with E-state index >= 15 is 0 Å². The summed E-state index contributed by atoms with van der Waals surface area (Å²) in [5.41, 5.74) is 5.59. The van der Waals surface area contributed by atoms with E-state index in [-0.39, 0.29) is 11.9 Å². The molecule has 13 heavy (non-hydrogen) atoms. The maximum Gasteiger partial charge on any atom is 0.224 e. The summed E-state index contributed by atoms with van der Waals surface area (Å²) < 4.78 is 0. The van der Waals surface area contributed by atoms with Crippen molar-refractivity contribution in [3.05, 3.63) is 0 Å². The number of rotatable bonds is 2. The first-order valence-electron chi connectivity index (χ1n) is 4.74. The molecule has 3 nitrogen and oxygen atoms in total. The average molecular weight is 202 g/mol. The van der Waals surface area contributed by atoms with E-state index in [1.165, 1.54) is 0 Å². The SMILES string of the molecule is CC(N)CC(=O)N1CCSCC1C. The van der Waals surface area contributed by atoms with Gasteiger partial charge in [0.15, 0.2) is 0 Å². The highest BCUT2D eigenvalue weighted by molar-refractivity contribution is 7.99. The Bertz CT molecular complexity index is 184. The van der Waals surface area contributed by atoms with E-state index in [9.17, 15) is 4.79 Å². The Balaban J connectivity index is 2.44. The third-order valence-corrected chi connectivity index (χ3v) is 3.37. The van der Waals surface area contributed by atoms with Crippen molar-refractivity contribution >= 4 is 17.7 Å². The van der Waals surface area contributed by atoms with Crippen molar-refractivity contribution in [2.45, 2.75) is 32.4 Å². The molecule has 2 unspecified atom stereocenters. The number of hydrogen-bond acceptors (Lipinski definition) is 3. The normalized spacial score (nSPS) is 25.8. The Labute approximate surface area is 84.0 Å². The lowest BCUT2D eigenvalue weighted by Crippen LogP contribution is -2.45. The molecule has 0 aliphatic carbocycles. The summed E-state index contributed by atoms with van der Waals surface area (Å²) in [6.45, 7) is 4.86. The minimum atomic E-state index is -0.0192. The summed E-state index contributed by atoms with van der Waals surface area (Å²) in [5.74, 6) is 2.34. The minimum Gasteiger partial charge on any atom is -0.338 e. The zero-order valence-electron chi connectivity index (χ0n) is 8.32. The molecule has 76 valence electrons. The van der Waals surface area contributed by atoms with E-state index < -0.39 is 0 Å². The summed E-state index contributed by atoms with van der Waals surface area (Å²) in [7, 11) is 0. The monoisotopic (exact) mass is 202 g/mol. The minimum absolute atomic E-state index is 0.0192. The number of carbonyl (C=O) groups is 1. The molecule has 1 rings (SSSR count). The Hall–Kier alpha value is -0.220. The van der Waals surface area contributed by atoms with Crippen LogP contribution in [-0.2, 0) is 4.79 Å². The highest BCUT2D eigenvalue weighted by Gasteiger charge is 2.23. The molecule has 1 heterocycles. The number of carbonyl (C=O) groups excluding carboxylic acids is 1. The second kappa shape index (κ2) is 4.86. The third-order valence-electron chi connectivity index (χ3n) is 2.18. The lowest BCUT2D eigenvalue weighted by molar-refractivity contribution is -0.132. The van der Waals surface area contributed by atoms with Crippen LogP contribution in [0.2, 0.25) is 0 Å². The molecule has 2 N–H and O–H groups in total. The molecular weight excluding hydrogens is 184 g/mol. The van der Waals surface area contributed by atoms with Gasteiger partial charge in [0.1, 0.15) is 0 Å². The average Bonchev–Trinajstić information content (AvgIpc) is 2.03. The van der Waals surface area contributed by atoms with E-state index in [0.29, 0.717) is 12.5 Å². The molecule has 1 amide bonds. The molecule has 4 heteroatoms. The molecule has 0 aromatic rings. The Kier molecular flexibility index (Phi) is 4.06. The van der Waals surface area contributed by atoms with Crippen LogP contribution in [-0.4, -0.2) is 40.9 Å². The van der Waals surface area contributed by atoms with Crippen LogP contribution < -0.4 is 5.73 Å². The Morgan fingerprint density at radius 3 is 3.00 bits per heavy atom. The van der Waals surface area contributed by atoms with E-state index in [1.807, 2.05) is 23.6 Å². The predicted molar refractivity (Wildman–Crippen MR) is 56.8 cm³/mol. The maximum absolute atomic E-state index is 11.7. The highest BCUT2D eigenvalue weighted by Crippen LogP contribution is 2.16. The second-order valence-corrected chi connectivity index (χ2v) is 4.84. The topological polar surface area (TPSA) is 46.3 Å². The van der Waals surface area contributed by atoms with Gasteiger partial charge in [-0.25, -0.2) is 0 Å². The van der Waals surface area contributed by atoms with Gasteiger partial charge in [-0.1, -0.05) is 0 Å². The van der Waals surface area contributed by atoms with Crippen LogP contribution in [0.5, 0.6) is 0 Å². The summed E-state index contributed by atoms with van der Waals surface area (Å²) in [5, 5.41) is 0. The second-order valence-electron chi connectivity index (χ2n) is 3.69. The predicted octanol–water partition coefficient (Wildman–Crippen LogP) is 0.688. The molecule has 0 bridgehead atoms. The lowest BCUT2D eigenvalue weighted by atomic mass is 10.2. The maximum atomic E-state index is 11.7. The van der Waals surface area contributed by atoms with Crippen molar-refractivity contribution in [2.24, 2.45) is 5.73 Å².